The second kappa shape index (κ2) is 7.00. The summed E-state index contributed by atoms with van der Waals surface area (Å²) < 4.78 is 0. The molecule has 1 aromatic carbocycles. The first-order valence-electron chi connectivity index (χ1n) is 6.73. The molecule has 21 heavy (non-hydrogen) atoms. The molecule has 3 N–H and O–H groups in total. The van der Waals surface area contributed by atoms with Gasteiger partial charge in [0.05, 0.1) is 16.6 Å². The van der Waals surface area contributed by atoms with Gasteiger partial charge >= 0.3 is 12.0 Å². The molecule has 2 unspecified atom stereocenters. The van der Waals surface area contributed by atoms with E-state index in [9.17, 15) is 14.7 Å². The summed E-state index contributed by atoms with van der Waals surface area (Å²) in [6, 6.07) is 3.92. The third-order valence-electron chi connectivity index (χ3n) is 3.58. The number of hydrogen-bond donors (Lipinski definition) is 3. The highest BCUT2D eigenvalue weighted by molar-refractivity contribution is 6.36. The van der Waals surface area contributed by atoms with Gasteiger partial charge in [0.15, 0.2) is 0 Å². The van der Waals surface area contributed by atoms with E-state index in [1.165, 1.54) is 6.07 Å². The maximum atomic E-state index is 12.0. The normalized spacial score (nSPS) is 21.6. The molecule has 0 heterocycles. The van der Waals surface area contributed by atoms with Crippen LogP contribution in [-0.4, -0.2) is 23.1 Å². The van der Waals surface area contributed by atoms with Crippen LogP contribution in [0, 0.1) is 5.92 Å². The number of anilines is 1. The Morgan fingerprint density at radius 3 is 2.57 bits per heavy atom. The molecule has 2 amide bonds. The van der Waals surface area contributed by atoms with Crippen LogP contribution in [0.1, 0.15) is 25.7 Å². The topological polar surface area (TPSA) is 78.4 Å². The molecule has 2 rings (SSSR count). The van der Waals surface area contributed by atoms with Gasteiger partial charge in [-0.2, -0.15) is 0 Å². The lowest BCUT2D eigenvalue weighted by atomic mass is 9.84. The van der Waals surface area contributed by atoms with Crippen molar-refractivity contribution in [2.75, 3.05) is 5.32 Å². The van der Waals surface area contributed by atoms with Crippen molar-refractivity contribution in [1.82, 2.24) is 5.32 Å². The third kappa shape index (κ3) is 4.25. The summed E-state index contributed by atoms with van der Waals surface area (Å²) in [5.74, 6) is -1.41. The van der Waals surface area contributed by atoms with Gasteiger partial charge in [-0.05, 0) is 31.0 Å². The van der Waals surface area contributed by atoms with Crippen molar-refractivity contribution in [1.29, 1.82) is 0 Å². The summed E-state index contributed by atoms with van der Waals surface area (Å²) in [6.45, 7) is 0. The molecule has 7 heteroatoms. The van der Waals surface area contributed by atoms with Gasteiger partial charge in [0.1, 0.15) is 0 Å². The number of aliphatic carboxylic acids is 1. The van der Waals surface area contributed by atoms with Crippen molar-refractivity contribution in [2.45, 2.75) is 31.7 Å². The number of urea groups is 1. The van der Waals surface area contributed by atoms with Crippen LogP contribution in [0.3, 0.4) is 0 Å². The van der Waals surface area contributed by atoms with E-state index in [-0.39, 0.29) is 6.04 Å². The van der Waals surface area contributed by atoms with Gasteiger partial charge in [-0.15, -0.1) is 0 Å². The largest absolute Gasteiger partial charge is 0.481 e. The third-order valence-corrected chi connectivity index (χ3v) is 4.13. The van der Waals surface area contributed by atoms with E-state index in [4.69, 9.17) is 23.2 Å². The zero-order valence-electron chi connectivity index (χ0n) is 11.2. The number of benzene rings is 1. The number of carboxylic acids is 1. The average Bonchev–Trinajstić information content (AvgIpc) is 2.42. The fourth-order valence-electron chi connectivity index (χ4n) is 2.52. The summed E-state index contributed by atoms with van der Waals surface area (Å²) in [4.78, 5) is 23.2. The average molecular weight is 331 g/mol. The van der Waals surface area contributed by atoms with Crippen molar-refractivity contribution in [3.63, 3.8) is 0 Å². The van der Waals surface area contributed by atoms with Crippen LogP contribution in [0.25, 0.3) is 0 Å². The highest BCUT2D eigenvalue weighted by Crippen LogP contribution is 2.27. The Morgan fingerprint density at radius 1 is 1.19 bits per heavy atom. The van der Waals surface area contributed by atoms with E-state index in [2.05, 4.69) is 10.6 Å². The predicted molar refractivity (Wildman–Crippen MR) is 82.0 cm³/mol. The van der Waals surface area contributed by atoms with Crippen molar-refractivity contribution < 1.29 is 14.7 Å². The molecule has 0 aromatic heterocycles. The summed E-state index contributed by atoms with van der Waals surface area (Å²) in [7, 11) is 0. The molecule has 2 atom stereocenters. The molecule has 1 aromatic rings. The molecule has 1 saturated carbocycles. The molecular formula is C14H16Cl2N2O3. The quantitative estimate of drug-likeness (QED) is 0.789. The molecule has 0 radical (unpaired) electrons. The Balaban J connectivity index is 1.98. The van der Waals surface area contributed by atoms with E-state index in [1.807, 2.05) is 0 Å². The summed E-state index contributed by atoms with van der Waals surface area (Å²) in [5, 5.41) is 15.3. The number of carboxylic acid groups (broad SMARTS) is 1. The number of nitrogens with one attached hydrogen (secondary N) is 2. The first-order valence-corrected chi connectivity index (χ1v) is 7.48. The fourth-order valence-corrected chi connectivity index (χ4v) is 2.97. The molecule has 114 valence electrons. The maximum absolute atomic E-state index is 12.0. The van der Waals surface area contributed by atoms with Crippen molar-refractivity contribution in [3.05, 3.63) is 28.2 Å². The number of carbonyl (C=O) groups is 2. The minimum absolute atomic E-state index is 0.330. The predicted octanol–water partition coefficient (Wildman–Crippen LogP) is 3.76. The molecule has 0 spiro atoms. The fraction of sp³-hybridized carbons (Fsp3) is 0.429. The van der Waals surface area contributed by atoms with Crippen LogP contribution in [0.2, 0.25) is 10.0 Å². The van der Waals surface area contributed by atoms with Gasteiger partial charge in [-0.25, -0.2) is 4.79 Å². The van der Waals surface area contributed by atoms with Gasteiger partial charge < -0.3 is 15.7 Å². The van der Waals surface area contributed by atoms with E-state index in [0.29, 0.717) is 28.6 Å². The highest BCUT2D eigenvalue weighted by Gasteiger charge is 2.31. The molecule has 5 nitrogen and oxygen atoms in total. The Bertz CT molecular complexity index is 551. The van der Waals surface area contributed by atoms with Gasteiger partial charge in [0.25, 0.3) is 0 Å². The maximum Gasteiger partial charge on any atom is 0.319 e. The minimum Gasteiger partial charge on any atom is -0.481 e. The minimum atomic E-state index is -0.871. The Labute approximate surface area is 132 Å². The van der Waals surface area contributed by atoms with Crippen molar-refractivity contribution >= 4 is 40.9 Å². The zero-order chi connectivity index (χ0) is 15.4. The van der Waals surface area contributed by atoms with E-state index in [0.717, 1.165) is 12.8 Å². The van der Waals surface area contributed by atoms with E-state index < -0.39 is 17.9 Å². The first-order chi connectivity index (χ1) is 9.97. The Hall–Kier alpha value is -1.46. The number of carbonyl (C=O) groups excluding carboxylic acids is 1. The first kappa shape index (κ1) is 15.9. The summed E-state index contributed by atoms with van der Waals surface area (Å²) >= 11 is 11.8. The van der Waals surface area contributed by atoms with Gasteiger partial charge in [0.2, 0.25) is 0 Å². The SMILES string of the molecule is O=C(Nc1ccc(Cl)cc1Cl)NC1CCCCC1C(=O)O. The molecule has 1 aliphatic carbocycles. The van der Waals surface area contributed by atoms with E-state index >= 15 is 0 Å². The lowest BCUT2D eigenvalue weighted by Crippen LogP contribution is -2.46. The van der Waals surface area contributed by atoms with Crippen LogP contribution >= 0.6 is 23.2 Å². The lowest BCUT2D eigenvalue weighted by Gasteiger charge is -2.29. The standard InChI is InChI=1S/C14H16Cl2N2O3/c15-8-5-6-12(10(16)7-8)18-14(21)17-11-4-2-1-3-9(11)13(19)20/h5-7,9,11H,1-4H2,(H,19,20)(H2,17,18,21). The second-order valence-corrected chi connectivity index (χ2v) is 5.90. The number of hydrogen-bond acceptors (Lipinski definition) is 2. The van der Waals surface area contributed by atoms with Crippen LogP contribution < -0.4 is 10.6 Å². The lowest BCUT2D eigenvalue weighted by molar-refractivity contribution is -0.143. The highest BCUT2D eigenvalue weighted by atomic mass is 35.5. The van der Waals surface area contributed by atoms with Gasteiger partial charge in [-0.3, -0.25) is 4.79 Å². The second-order valence-electron chi connectivity index (χ2n) is 5.06. The monoisotopic (exact) mass is 330 g/mol. The van der Waals surface area contributed by atoms with Crippen molar-refractivity contribution in [3.8, 4) is 0 Å². The molecule has 0 bridgehead atoms. The van der Waals surface area contributed by atoms with E-state index in [1.54, 1.807) is 12.1 Å². The molecular weight excluding hydrogens is 315 g/mol. The number of halogens is 2. The Morgan fingerprint density at radius 2 is 1.90 bits per heavy atom. The molecule has 1 fully saturated rings. The Kier molecular flexibility index (Phi) is 5.31. The summed E-state index contributed by atoms with van der Waals surface area (Å²) in [5.41, 5.74) is 0.432. The summed E-state index contributed by atoms with van der Waals surface area (Å²) in [6.07, 6.45) is 3.04. The van der Waals surface area contributed by atoms with Gasteiger partial charge in [-0.1, -0.05) is 36.0 Å². The number of rotatable bonds is 3. The van der Waals surface area contributed by atoms with Gasteiger partial charge in [0, 0.05) is 11.1 Å². The molecule has 0 aliphatic heterocycles. The van der Waals surface area contributed by atoms with Crippen LogP contribution in [0.15, 0.2) is 18.2 Å². The smallest absolute Gasteiger partial charge is 0.319 e. The van der Waals surface area contributed by atoms with Crippen LogP contribution in [0.5, 0.6) is 0 Å². The van der Waals surface area contributed by atoms with Crippen molar-refractivity contribution in [2.24, 2.45) is 5.92 Å². The molecule has 0 saturated heterocycles. The zero-order valence-corrected chi connectivity index (χ0v) is 12.7. The van der Waals surface area contributed by atoms with Crippen LogP contribution in [-0.2, 0) is 4.79 Å². The number of amides is 2. The molecule has 1 aliphatic rings. The van der Waals surface area contributed by atoms with Crippen LogP contribution in [0.4, 0.5) is 10.5 Å².